The second-order valence-electron chi connectivity index (χ2n) is 4.96. The minimum atomic E-state index is -0.568. The van der Waals surface area contributed by atoms with Crippen LogP contribution >= 0.6 is 11.6 Å². The Hall–Kier alpha value is -1.81. The third kappa shape index (κ3) is 4.90. The van der Waals surface area contributed by atoms with Crippen molar-refractivity contribution in [2.45, 2.75) is 20.8 Å². The number of hydrogen-bond acceptors (Lipinski definition) is 3. The Labute approximate surface area is 130 Å². The van der Waals surface area contributed by atoms with Gasteiger partial charge in [0, 0.05) is 16.3 Å². The maximum absolute atomic E-state index is 12.1. The topological polar surface area (TPSA) is 55.4 Å². The van der Waals surface area contributed by atoms with Gasteiger partial charge in [0.15, 0.2) is 0 Å². The quantitative estimate of drug-likeness (QED) is 0.819. The van der Waals surface area contributed by atoms with Crippen LogP contribution in [0.5, 0.6) is 0 Å². The number of nitrogens with one attached hydrogen (secondary N) is 1. The van der Waals surface area contributed by atoms with Gasteiger partial charge >= 0.3 is 5.97 Å². The van der Waals surface area contributed by atoms with Gasteiger partial charge in [-0.25, -0.2) is 0 Å². The summed E-state index contributed by atoms with van der Waals surface area (Å²) in [4.78, 5) is 24.0. The van der Waals surface area contributed by atoms with Crippen LogP contribution in [-0.2, 0) is 9.53 Å². The molecule has 1 N–H and O–H groups in total. The lowest BCUT2D eigenvalue weighted by atomic mass is 9.93. The summed E-state index contributed by atoms with van der Waals surface area (Å²) in [5.41, 5.74) is 0.787. The molecule has 0 spiro atoms. The molecule has 0 aliphatic carbocycles. The largest absolute Gasteiger partial charge is 0.465 e. The highest BCUT2D eigenvalue weighted by Crippen LogP contribution is 2.20. The summed E-state index contributed by atoms with van der Waals surface area (Å²) >= 11 is 5.78. The zero-order chi connectivity index (χ0) is 16.0. The first-order valence-corrected chi connectivity index (χ1v) is 7.17. The molecule has 1 aromatic carbocycles. The van der Waals surface area contributed by atoms with Crippen molar-refractivity contribution < 1.29 is 14.3 Å². The second kappa shape index (κ2) is 7.84. The van der Waals surface area contributed by atoms with Crippen molar-refractivity contribution in [3.05, 3.63) is 47.1 Å². The van der Waals surface area contributed by atoms with E-state index < -0.39 is 5.92 Å². The van der Waals surface area contributed by atoms with Gasteiger partial charge in [-0.05, 0) is 37.1 Å². The lowest BCUT2D eigenvalue weighted by Crippen LogP contribution is -2.34. The maximum Gasteiger partial charge on any atom is 0.315 e. The fourth-order valence-electron chi connectivity index (χ4n) is 1.95. The Kier molecular flexibility index (Phi) is 6.43. The predicted molar refractivity (Wildman–Crippen MR) is 83.0 cm³/mol. The minimum absolute atomic E-state index is 0.0259. The smallest absolute Gasteiger partial charge is 0.315 e. The summed E-state index contributed by atoms with van der Waals surface area (Å²) in [5, 5.41) is 3.21. The summed E-state index contributed by atoms with van der Waals surface area (Å²) in [5.74, 6) is -1.30. The molecule has 1 rings (SSSR count). The molecule has 0 aliphatic heterocycles. The summed E-state index contributed by atoms with van der Waals surface area (Å²) in [6, 6.07) is 6.48. The van der Waals surface area contributed by atoms with E-state index in [2.05, 4.69) is 11.9 Å². The fourth-order valence-corrected chi connectivity index (χ4v) is 2.07. The van der Waals surface area contributed by atoms with E-state index in [0.717, 1.165) is 0 Å². The van der Waals surface area contributed by atoms with E-state index in [0.29, 0.717) is 22.9 Å². The van der Waals surface area contributed by atoms with Gasteiger partial charge in [-0.2, -0.15) is 0 Å². The molecule has 0 aromatic heterocycles. The minimum Gasteiger partial charge on any atom is -0.465 e. The maximum atomic E-state index is 12.1. The van der Waals surface area contributed by atoms with Gasteiger partial charge in [-0.15, -0.1) is 0 Å². The first-order valence-electron chi connectivity index (χ1n) is 6.79. The van der Waals surface area contributed by atoms with Crippen LogP contribution in [0.3, 0.4) is 0 Å². The monoisotopic (exact) mass is 309 g/mol. The number of ether oxygens (including phenoxy) is 1. The highest BCUT2D eigenvalue weighted by atomic mass is 35.5. The standard InChI is InChI=1S/C16H20ClNO3/c1-5-21-16(20)14(10(2)3)11(4)18-15(19)12-6-8-13(17)9-7-12/h6-10,14H,4-5H2,1-3H3,(H,18,19). The molecule has 4 nitrogen and oxygen atoms in total. The number of carbonyl (C=O) groups excluding carboxylic acids is 2. The Morgan fingerprint density at radius 3 is 2.33 bits per heavy atom. The molecule has 0 saturated heterocycles. The van der Waals surface area contributed by atoms with E-state index in [1.807, 2.05) is 13.8 Å². The molecule has 0 fully saturated rings. The molecule has 0 heterocycles. The Bertz CT molecular complexity index is 523. The van der Waals surface area contributed by atoms with Crippen molar-refractivity contribution in [3.63, 3.8) is 0 Å². The van der Waals surface area contributed by atoms with Crippen molar-refractivity contribution in [2.24, 2.45) is 11.8 Å². The first kappa shape index (κ1) is 17.2. The average Bonchev–Trinajstić information content (AvgIpc) is 2.39. The number of carbonyl (C=O) groups is 2. The van der Waals surface area contributed by atoms with Crippen LogP contribution in [0.1, 0.15) is 31.1 Å². The highest BCUT2D eigenvalue weighted by Gasteiger charge is 2.27. The van der Waals surface area contributed by atoms with E-state index in [4.69, 9.17) is 16.3 Å². The van der Waals surface area contributed by atoms with Gasteiger partial charge in [0.25, 0.3) is 5.91 Å². The van der Waals surface area contributed by atoms with Crippen LogP contribution in [0.25, 0.3) is 0 Å². The molecule has 0 radical (unpaired) electrons. The fraction of sp³-hybridized carbons (Fsp3) is 0.375. The van der Waals surface area contributed by atoms with Gasteiger partial charge < -0.3 is 10.1 Å². The number of halogens is 1. The SMILES string of the molecule is C=C(NC(=O)c1ccc(Cl)cc1)C(C(=O)OCC)C(C)C. The number of esters is 1. The molecule has 0 aliphatic rings. The lowest BCUT2D eigenvalue weighted by molar-refractivity contribution is -0.148. The second-order valence-corrected chi connectivity index (χ2v) is 5.40. The summed E-state index contributed by atoms with van der Waals surface area (Å²) in [6.45, 7) is 9.59. The van der Waals surface area contributed by atoms with E-state index in [-0.39, 0.29) is 17.8 Å². The van der Waals surface area contributed by atoms with Crippen molar-refractivity contribution in [3.8, 4) is 0 Å². The van der Waals surface area contributed by atoms with Crippen LogP contribution in [0.2, 0.25) is 5.02 Å². The summed E-state index contributed by atoms with van der Waals surface area (Å²) < 4.78 is 5.02. The number of benzene rings is 1. The highest BCUT2D eigenvalue weighted by molar-refractivity contribution is 6.30. The molecule has 1 amide bonds. The van der Waals surface area contributed by atoms with Crippen molar-refractivity contribution in [1.82, 2.24) is 5.32 Å². The molecule has 0 saturated carbocycles. The molecule has 0 bridgehead atoms. The molecule has 5 heteroatoms. The van der Waals surface area contributed by atoms with Crippen molar-refractivity contribution in [1.29, 1.82) is 0 Å². The third-order valence-electron chi connectivity index (χ3n) is 2.96. The first-order chi connectivity index (χ1) is 9.86. The van der Waals surface area contributed by atoms with Crippen molar-refractivity contribution in [2.75, 3.05) is 6.61 Å². The molecule has 21 heavy (non-hydrogen) atoms. The van der Waals surface area contributed by atoms with Gasteiger partial charge in [-0.1, -0.05) is 32.0 Å². The van der Waals surface area contributed by atoms with Gasteiger partial charge in [0.1, 0.15) is 0 Å². The molecule has 1 atom stereocenters. The van der Waals surface area contributed by atoms with Crippen LogP contribution in [0.15, 0.2) is 36.5 Å². The molecular weight excluding hydrogens is 290 g/mol. The van der Waals surface area contributed by atoms with Crippen LogP contribution < -0.4 is 5.32 Å². The Balaban J connectivity index is 2.79. The normalized spacial score (nSPS) is 11.9. The van der Waals surface area contributed by atoms with E-state index >= 15 is 0 Å². The van der Waals surface area contributed by atoms with E-state index in [1.54, 1.807) is 31.2 Å². The summed E-state index contributed by atoms with van der Waals surface area (Å²) in [7, 11) is 0. The number of hydrogen-bond donors (Lipinski definition) is 1. The zero-order valence-corrected chi connectivity index (χ0v) is 13.2. The Morgan fingerprint density at radius 2 is 1.86 bits per heavy atom. The van der Waals surface area contributed by atoms with Gasteiger partial charge in [-0.3, -0.25) is 9.59 Å². The molecule has 1 aromatic rings. The lowest BCUT2D eigenvalue weighted by Gasteiger charge is -2.22. The zero-order valence-electron chi connectivity index (χ0n) is 12.5. The number of rotatable bonds is 6. The molecule has 1 unspecified atom stereocenters. The van der Waals surface area contributed by atoms with Gasteiger partial charge in [0.2, 0.25) is 0 Å². The van der Waals surface area contributed by atoms with E-state index in [9.17, 15) is 9.59 Å². The molecular formula is C16H20ClNO3. The Morgan fingerprint density at radius 1 is 1.29 bits per heavy atom. The van der Waals surface area contributed by atoms with Crippen LogP contribution in [-0.4, -0.2) is 18.5 Å². The van der Waals surface area contributed by atoms with Crippen LogP contribution in [0, 0.1) is 11.8 Å². The molecule has 114 valence electrons. The van der Waals surface area contributed by atoms with Crippen LogP contribution in [0.4, 0.5) is 0 Å². The number of amides is 1. The summed E-state index contributed by atoms with van der Waals surface area (Å²) in [6.07, 6.45) is 0. The third-order valence-corrected chi connectivity index (χ3v) is 3.22. The van der Waals surface area contributed by atoms with Gasteiger partial charge in [0.05, 0.1) is 12.5 Å². The van der Waals surface area contributed by atoms with Crippen molar-refractivity contribution >= 4 is 23.5 Å². The predicted octanol–water partition coefficient (Wildman–Crippen LogP) is 3.42. The average molecular weight is 310 g/mol. The van der Waals surface area contributed by atoms with E-state index in [1.165, 1.54) is 0 Å².